The van der Waals surface area contributed by atoms with Gasteiger partial charge < -0.3 is 9.84 Å². The number of hydrogen-bond donors (Lipinski definition) is 1. The van der Waals surface area contributed by atoms with Gasteiger partial charge in [0.25, 0.3) is 0 Å². The monoisotopic (exact) mass is 216 g/mol. The average Bonchev–Trinajstić information content (AvgIpc) is 2.17. The van der Waals surface area contributed by atoms with E-state index in [9.17, 15) is 14.0 Å². The molecule has 0 fully saturated rings. The molecule has 0 aromatic heterocycles. The second-order valence-electron chi connectivity index (χ2n) is 3.05. The number of carbonyl (C=O) groups is 2. The molecule has 0 unspecified atom stereocenters. The minimum atomic E-state index is -1.28. The van der Waals surface area contributed by atoms with Gasteiger partial charge in [0.05, 0.1) is 5.57 Å². The normalized spacial score (nSPS) is 11.5. The highest BCUT2D eigenvalue weighted by atomic mass is 19.1. The maximum Gasteiger partial charge on any atom is 0.335 e. The number of carboxylic acid groups (broad SMARTS) is 1. The van der Waals surface area contributed by atoms with Crippen molar-refractivity contribution in [1.82, 2.24) is 0 Å². The Balaban J connectivity index is 5.23. The van der Waals surface area contributed by atoms with Gasteiger partial charge in [-0.15, -0.1) is 0 Å². The highest BCUT2D eigenvalue weighted by molar-refractivity contribution is 5.87. The summed E-state index contributed by atoms with van der Waals surface area (Å²) in [4.78, 5) is 20.7. The first-order chi connectivity index (χ1) is 6.91. The molecule has 15 heavy (non-hydrogen) atoms. The lowest BCUT2D eigenvalue weighted by Gasteiger charge is -2.09. The fraction of sp³-hybridized carbons (Fsp3) is 0.400. The molecule has 0 radical (unpaired) electrons. The minimum absolute atomic E-state index is 0.268. The molecule has 84 valence electrons. The third-order valence-corrected chi connectivity index (χ3v) is 1.60. The topological polar surface area (TPSA) is 63.6 Å². The lowest BCUT2D eigenvalue weighted by molar-refractivity contribution is -0.133. The van der Waals surface area contributed by atoms with E-state index in [1.165, 1.54) is 20.8 Å². The van der Waals surface area contributed by atoms with Crippen molar-refractivity contribution in [3.05, 3.63) is 22.7 Å². The maximum absolute atomic E-state index is 13.4. The Kier molecular flexibility index (Phi) is 5.30. The fourth-order valence-electron chi connectivity index (χ4n) is 0.778. The molecule has 4 nitrogen and oxygen atoms in total. The Morgan fingerprint density at radius 1 is 1.40 bits per heavy atom. The van der Waals surface area contributed by atoms with E-state index in [1.807, 2.05) is 0 Å². The van der Waals surface area contributed by atoms with E-state index in [2.05, 4.69) is 0 Å². The Bertz CT molecular complexity index is 324. The van der Waals surface area contributed by atoms with Gasteiger partial charge in [-0.2, -0.15) is 0 Å². The van der Waals surface area contributed by atoms with Crippen LogP contribution in [0.4, 0.5) is 4.39 Å². The van der Waals surface area contributed by atoms with Crippen LogP contribution in [0.1, 0.15) is 20.8 Å². The highest BCUT2D eigenvalue weighted by Crippen LogP contribution is 2.21. The predicted molar refractivity (Wildman–Crippen MR) is 51.8 cm³/mol. The molecule has 1 N–H and O–H groups in total. The quantitative estimate of drug-likeness (QED) is 0.329. The molecule has 5 heteroatoms. The van der Waals surface area contributed by atoms with Crippen molar-refractivity contribution in [2.45, 2.75) is 20.8 Å². The summed E-state index contributed by atoms with van der Waals surface area (Å²) >= 11 is 0. The highest BCUT2D eigenvalue weighted by Gasteiger charge is 2.16. The molecule has 0 aromatic carbocycles. The first-order valence-electron chi connectivity index (χ1n) is 4.25. The molecular formula is C10H13FO4. The fourth-order valence-corrected chi connectivity index (χ4v) is 0.778. The van der Waals surface area contributed by atoms with E-state index in [-0.39, 0.29) is 17.8 Å². The largest absolute Gasteiger partial charge is 0.483 e. The lowest BCUT2D eigenvalue weighted by atomic mass is 10.2. The average molecular weight is 216 g/mol. The van der Waals surface area contributed by atoms with Crippen molar-refractivity contribution in [2.75, 3.05) is 6.61 Å². The van der Waals surface area contributed by atoms with E-state index in [4.69, 9.17) is 9.84 Å². The van der Waals surface area contributed by atoms with Crippen LogP contribution in [0.2, 0.25) is 0 Å². The molecule has 0 atom stereocenters. The van der Waals surface area contributed by atoms with Crippen LogP contribution in [0.3, 0.4) is 0 Å². The maximum atomic E-state index is 13.4. The summed E-state index contributed by atoms with van der Waals surface area (Å²) in [5.41, 5.74) is 0.0204. The van der Waals surface area contributed by atoms with Crippen LogP contribution in [0, 0.1) is 0 Å². The van der Waals surface area contributed by atoms with Crippen molar-refractivity contribution in [1.29, 1.82) is 0 Å². The van der Waals surface area contributed by atoms with E-state index in [0.717, 1.165) is 0 Å². The first-order valence-corrected chi connectivity index (χ1v) is 4.25. The molecule has 0 heterocycles. The first kappa shape index (κ1) is 13.4. The smallest absolute Gasteiger partial charge is 0.335 e. The zero-order chi connectivity index (χ0) is 12.0. The molecule has 0 aromatic rings. The van der Waals surface area contributed by atoms with Gasteiger partial charge in [-0.05, 0) is 26.3 Å². The van der Waals surface area contributed by atoms with Gasteiger partial charge in [-0.25, -0.2) is 9.18 Å². The van der Waals surface area contributed by atoms with Crippen LogP contribution in [0.25, 0.3) is 0 Å². The zero-order valence-electron chi connectivity index (χ0n) is 8.83. The van der Waals surface area contributed by atoms with E-state index in [1.54, 1.807) is 0 Å². The summed E-state index contributed by atoms with van der Waals surface area (Å²) in [5.74, 6) is -2.43. The predicted octanol–water partition coefficient (Wildman–Crippen LogP) is 1.82. The van der Waals surface area contributed by atoms with Crippen LogP contribution < -0.4 is 0 Å². The van der Waals surface area contributed by atoms with Crippen LogP contribution >= 0.6 is 0 Å². The summed E-state index contributed by atoms with van der Waals surface area (Å²) in [6, 6.07) is 0. The Morgan fingerprint density at radius 2 is 1.93 bits per heavy atom. The molecule has 0 amide bonds. The summed E-state index contributed by atoms with van der Waals surface area (Å²) in [7, 11) is 0. The number of halogens is 1. The molecular weight excluding hydrogens is 203 g/mol. The Morgan fingerprint density at radius 3 is 2.27 bits per heavy atom. The Hall–Kier alpha value is -1.65. The second kappa shape index (κ2) is 5.95. The summed E-state index contributed by atoms with van der Waals surface area (Å²) in [6.07, 6.45) is 0.424. The van der Waals surface area contributed by atoms with Crippen molar-refractivity contribution in [3.63, 3.8) is 0 Å². The van der Waals surface area contributed by atoms with E-state index >= 15 is 0 Å². The van der Waals surface area contributed by atoms with Gasteiger partial charge in [-0.1, -0.05) is 0 Å². The molecule has 0 rings (SSSR count). The van der Waals surface area contributed by atoms with Crippen LogP contribution in [-0.2, 0) is 14.3 Å². The number of ether oxygens (including phenoxy) is 1. The Labute approximate surface area is 87.0 Å². The van der Waals surface area contributed by atoms with Crippen molar-refractivity contribution in [3.8, 4) is 0 Å². The van der Waals surface area contributed by atoms with Crippen molar-refractivity contribution in [2.24, 2.45) is 0 Å². The van der Waals surface area contributed by atoms with Crippen LogP contribution in [-0.4, -0.2) is 24.0 Å². The molecule has 0 spiro atoms. The van der Waals surface area contributed by atoms with Gasteiger partial charge >= 0.3 is 5.97 Å². The van der Waals surface area contributed by atoms with Gasteiger partial charge in [0.2, 0.25) is 0 Å². The van der Waals surface area contributed by atoms with E-state index < -0.39 is 17.6 Å². The SMILES string of the molecule is CC(C)=C(F)/C(OCC=O)=C(\C)C(=O)O. The lowest BCUT2D eigenvalue weighted by Crippen LogP contribution is -2.07. The number of rotatable bonds is 5. The van der Waals surface area contributed by atoms with Crippen LogP contribution in [0.5, 0.6) is 0 Å². The van der Waals surface area contributed by atoms with Crippen molar-refractivity contribution >= 4 is 12.3 Å². The molecule has 0 aliphatic carbocycles. The number of aldehydes is 1. The van der Waals surface area contributed by atoms with Crippen molar-refractivity contribution < 1.29 is 23.8 Å². The molecule has 0 aliphatic rings. The van der Waals surface area contributed by atoms with Gasteiger partial charge in [-0.3, -0.25) is 4.79 Å². The zero-order valence-corrected chi connectivity index (χ0v) is 8.83. The molecule has 0 bridgehead atoms. The summed E-state index contributed by atoms with van der Waals surface area (Å²) < 4.78 is 18.2. The minimum Gasteiger partial charge on any atom is -0.483 e. The van der Waals surface area contributed by atoms with E-state index in [0.29, 0.717) is 6.29 Å². The number of carbonyl (C=O) groups excluding carboxylic acids is 1. The number of hydrogen-bond acceptors (Lipinski definition) is 3. The number of aliphatic carboxylic acids is 1. The standard InChI is InChI=1S/C10H13FO4/c1-6(2)8(11)9(15-5-4-12)7(3)10(13)14/h4H,5H2,1-3H3,(H,13,14)/b9-7-. The summed E-state index contributed by atoms with van der Waals surface area (Å²) in [6.45, 7) is 3.80. The third-order valence-electron chi connectivity index (χ3n) is 1.60. The van der Waals surface area contributed by atoms with Gasteiger partial charge in [0, 0.05) is 0 Å². The second-order valence-corrected chi connectivity index (χ2v) is 3.05. The van der Waals surface area contributed by atoms with Gasteiger partial charge in [0.15, 0.2) is 17.9 Å². The van der Waals surface area contributed by atoms with Crippen LogP contribution in [0.15, 0.2) is 22.7 Å². The molecule has 0 saturated carbocycles. The number of allylic oxidation sites excluding steroid dienone is 2. The number of carboxylic acids is 1. The third kappa shape index (κ3) is 3.93. The van der Waals surface area contributed by atoms with Gasteiger partial charge in [0.1, 0.15) is 6.61 Å². The summed E-state index contributed by atoms with van der Waals surface area (Å²) in [5, 5.41) is 8.67. The molecule has 0 saturated heterocycles. The molecule has 0 aliphatic heterocycles.